The van der Waals surface area contributed by atoms with Crippen LogP contribution in [0.25, 0.3) is 0 Å². The van der Waals surface area contributed by atoms with Crippen LogP contribution >= 0.6 is 0 Å². The van der Waals surface area contributed by atoms with Crippen LogP contribution in [0.15, 0.2) is 53.3 Å². The molecule has 0 N–H and O–H groups in total. The number of hydrogen-bond acceptors (Lipinski definition) is 3. The molecular weight excluding hydrogens is 224 g/mol. The van der Waals surface area contributed by atoms with E-state index < -0.39 is 9.84 Å². The van der Waals surface area contributed by atoms with Gasteiger partial charge in [0.05, 0.1) is 12.0 Å². The lowest BCUT2D eigenvalue weighted by Crippen LogP contribution is -1.96. The Kier molecular flexibility index (Phi) is 4.31. The number of sulfone groups is 1. The minimum Gasteiger partial charge on any atom is -0.497 e. The van der Waals surface area contributed by atoms with Gasteiger partial charge in [0, 0.05) is 5.41 Å². The SMILES string of the molecule is C=CC/C=C/S(=O)(=O)c1ccc(OC)cc1. The van der Waals surface area contributed by atoms with Crippen LogP contribution in [0.2, 0.25) is 0 Å². The molecule has 0 aliphatic rings. The van der Waals surface area contributed by atoms with Gasteiger partial charge in [-0.2, -0.15) is 0 Å². The Balaban J connectivity index is 2.94. The Morgan fingerprint density at radius 2 is 1.94 bits per heavy atom. The summed E-state index contributed by atoms with van der Waals surface area (Å²) in [5.41, 5.74) is 0. The van der Waals surface area contributed by atoms with Gasteiger partial charge in [-0.3, -0.25) is 0 Å². The van der Waals surface area contributed by atoms with Crippen LogP contribution in [0.1, 0.15) is 6.42 Å². The van der Waals surface area contributed by atoms with E-state index in [4.69, 9.17) is 4.74 Å². The number of benzene rings is 1. The quantitative estimate of drug-likeness (QED) is 0.740. The maximum Gasteiger partial charge on any atom is 0.199 e. The second-order valence-corrected chi connectivity index (χ2v) is 4.95. The van der Waals surface area contributed by atoms with Crippen molar-refractivity contribution < 1.29 is 13.2 Å². The first-order valence-electron chi connectivity index (χ1n) is 4.76. The summed E-state index contributed by atoms with van der Waals surface area (Å²) in [6, 6.07) is 6.28. The number of allylic oxidation sites excluding steroid dienone is 2. The van der Waals surface area contributed by atoms with Gasteiger partial charge in [-0.15, -0.1) is 6.58 Å². The van der Waals surface area contributed by atoms with Crippen LogP contribution in [0.3, 0.4) is 0 Å². The molecule has 0 atom stereocenters. The lowest BCUT2D eigenvalue weighted by Gasteiger charge is -2.01. The summed E-state index contributed by atoms with van der Waals surface area (Å²) < 4.78 is 28.4. The average Bonchev–Trinajstić information content (AvgIpc) is 2.29. The Hall–Kier alpha value is -1.55. The van der Waals surface area contributed by atoms with E-state index in [0.29, 0.717) is 12.2 Å². The van der Waals surface area contributed by atoms with Crippen molar-refractivity contribution in [2.75, 3.05) is 7.11 Å². The van der Waals surface area contributed by atoms with Crippen LogP contribution in [-0.4, -0.2) is 15.5 Å². The van der Waals surface area contributed by atoms with E-state index in [-0.39, 0.29) is 4.90 Å². The summed E-state index contributed by atoms with van der Waals surface area (Å²) in [4.78, 5) is 0.258. The number of ether oxygens (including phenoxy) is 1. The number of hydrogen-bond donors (Lipinski definition) is 0. The van der Waals surface area contributed by atoms with Gasteiger partial charge in [0.2, 0.25) is 0 Å². The highest BCUT2D eigenvalue weighted by Crippen LogP contribution is 2.17. The van der Waals surface area contributed by atoms with Gasteiger partial charge in [-0.1, -0.05) is 12.2 Å². The van der Waals surface area contributed by atoms with E-state index >= 15 is 0 Å². The molecule has 0 aliphatic carbocycles. The first-order valence-corrected chi connectivity index (χ1v) is 6.31. The normalized spacial score (nSPS) is 11.6. The molecule has 4 heteroatoms. The summed E-state index contributed by atoms with van der Waals surface area (Å²) in [6.45, 7) is 3.51. The fraction of sp³-hybridized carbons (Fsp3) is 0.167. The molecule has 0 aromatic heterocycles. The zero-order valence-corrected chi connectivity index (χ0v) is 9.91. The third kappa shape index (κ3) is 3.24. The molecule has 3 nitrogen and oxygen atoms in total. The molecule has 1 aromatic carbocycles. The van der Waals surface area contributed by atoms with Crippen molar-refractivity contribution >= 4 is 9.84 Å². The van der Waals surface area contributed by atoms with Crippen molar-refractivity contribution in [3.05, 3.63) is 48.4 Å². The molecule has 0 unspecified atom stereocenters. The Bertz CT molecular complexity index is 469. The number of methoxy groups -OCH3 is 1. The predicted octanol–water partition coefficient (Wildman–Crippen LogP) is 2.56. The lowest BCUT2D eigenvalue weighted by molar-refractivity contribution is 0.414. The van der Waals surface area contributed by atoms with Crippen LogP contribution in [0.5, 0.6) is 5.75 Å². The van der Waals surface area contributed by atoms with Gasteiger partial charge >= 0.3 is 0 Å². The molecule has 0 saturated carbocycles. The van der Waals surface area contributed by atoms with Crippen molar-refractivity contribution in [3.8, 4) is 5.75 Å². The molecule has 1 rings (SSSR count). The van der Waals surface area contributed by atoms with Crippen molar-refractivity contribution in [1.29, 1.82) is 0 Å². The summed E-state index contributed by atoms with van der Waals surface area (Å²) in [5, 5.41) is 1.19. The van der Waals surface area contributed by atoms with Gasteiger partial charge in [0.15, 0.2) is 9.84 Å². The van der Waals surface area contributed by atoms with E-state index in [1.807, 2.05) is 0 Å². The second kappa shape index (κ2) is 5.51. The monoisotopic (exact) mass is 238 g/mol. The fourth-order valence-corrected chi connectivity index (χ4v) is 2.16. The minimum atomic E-state index is -3.34. The summed E-state index contributed by atoms with van der Waals surface area (Å²) in [6.07, 6.45) is 3.74. The van der Waals surface area contributed by atoms with E-state index in [0.717, 1.165) is 0 Å². The number of rotatable bonds is 5. The van der Waals surface area contributed by atoms with Gasteiger partial charge in [-0.25, -0.2) is 8.42 Å². The Morgan fingerprint density at radius 1 is 1.31 bits per heavy atom. The highest BCUT2D eigenvalue weighted by atomic mass is 32.2. The molecule has 0 saturated heterocycles. The predicted molar refractivity (Wildman–Crippen MR) is 64.1 cm³/mol. The molecule has 0 heterocycles. The molecule has 0 amide bonds. The largest absolute Gasteiger partial charge is 0.497 e. The maximum absolute atomic E-state index is 11.7. The van der Waals surface area contributed by atoms with Crippen LogP contribution in [-0.2, 0) is 9.84 Å². The van der Waals surface area contributed by atoms with Gasteiger partial charge < -0.3 is 4.74 Å². The fourth-order valence-electron chi connectivity index (χ4n) is 1.12. The highest BCUT2D eigenvalue weighted by Gasteiger charge is 2.09. The summed E-state index contributed by atoms with van der Waals surface area (Å²) >= 11 is 0. The van der Waals surface area contributed by atoms with E-state index in [1.165, 1.54) is 24.7 Å². The Labute approximate surface area is 96.0 Å². The molecule has 0 aliphatic heterocycles. The third-order valence-electron chi connectivity index (χ3n) is 1.97. The van der Waals surface area contributed by atoms with Crippen molar-refractivity contribution in [2.45, 2.75) is 11.3 Å². The van der Waals surface area contributed by atoms with Crippen molar-refractivity contribution in [1.82, 2.24) is 0 Å². The van der Waals surface area contributed by atoms with E-state index in [1.54, 1.807) is 24.3 Å². The van der Waals surface area contributed by atoms with Gasteiger partial charge in [0.25, 0.3) is 0 Å². The Morgan fingerprint density at radius 3 is 2.44 bits per heavy atom. The molecule has 16 heavy (non-hydrogen) atoms. The summed E-state index contributed by atoms with van der Waals surface area (Å²) in [5.74, 6) is 0.633. The van der Waals surface area contributed by atoms with E-state index in [2.05, 4.69) is 6.58 Å². The standard InChI is InChI=1S/C12H14O3S/c1-3-4-5-10-16(13,14)12-8-6-11(15-2)7-9-12/h3,5-10H,1,4H2,2H3/b10-5+. The molecule has 1 aromatic rings. The topological polar surface area (TPSA) is 43.4 Å². The van der Waals surface area contributed by atoms with Crippen molar-refractivity contribution in [3.63, 3.8) is 0 Å². The van der Waals surface area contributed by atoms with Gasteiger partial charge in [0.1, 0.15) is 5.75 Å². The van der Waals surface area contributed by atoms with Crippen LogP contribution in [0.4, 0.5) is 0 Å². The zero-order chi connectivity index (χ0) is 12.0. The zero-order valence-electron chi connectivity index (χ0n) is 9.09. The molecule has 0 spiro atoms. The smallest absolute Gasteiger partial charge is 0.199 e. The van der Waals surface area contributed by atoms with Gasteiger partial charge in [-0.05, 0) is 30.7 Å². The van der Waals surface area contributed by atoms with Crippen LogP contribution < -0.4 is 4.74 Å². The maximum atomic E-state index is 11.7. The highest BCUT2D eigenvalue weighted by molar-refractivity contribution is 7.94. The first-order chi connectivity index (χ1) is 7.60. The first kappa shape index (κ1) is 12.5. The molecule has 0 radical (unpaired) electrons. The van der Waals surface area contributed by atoms with Crippen molar-refractivity contribution in [2.24, 2.45) is 0 Å². The molecule has 0 bridgehead atoms. The lowest BCUT2D eigenvalue weighted by atomic mass is 10.3. The molecule has 86 valence electrons. The average molecular weight is 238 g/mol. The minimum absolute atomic E-state index is 0.258. The molecule has 0 fully saturated rings. The second-order valence-electron chi connectivity index (χ2n) is 3.12. The summed E-state index contributed by atoms with van der Waals surface area (Å²) in [7, 11) is -1.81. The molecular formula is C12H14O3S. The van der Waals surface area contributed by atoms with E-state index in [9.17, 15) is 8.42 Å². The van der Waals surface area contributed by atoms with Crippen LogP contribution in [0, 0.1) is 0 Å². The third-order valence-corrected chi connectivity index (χ3v) is 3.45.